The van der Waals surface area contributed by atoms with Gasteiger partial charge < -0.3 is 10.3 Å². The van der Waals surface area contributed by atoms with Gasteiger partial charge >= 0.3 is 0 Å². The summed E-state index contributed by atoms with van der Waals surface area (Å²) in [6.45, 7) is 0.833. The summed E-state index contributed by atoms with van der Waals surface area (Å²) in [6, 6.07) is 6.49. The third kappa shape index (κ3) is 2.00. The Morgan fingerprint density at radius 2 is 2.32 bits per heavy atom. The molecule has 2 aromatic heterocycles. The zero-order chi connectivity index (χ0) is 12.8. The van der Waals surface area contributed by atoms with Crippen molar-refractivity contribution in [2.75, 3.05) is 0 Å². The van der Waals surface area contributed by atoms with Crippen molar-refractivity contribution in [3.63, 3.8) is 0 Å². The Hall–Kier alpha value is -1.24. The van der Waals surface area contributed by atoms with Gasteiger partial charge in [0, 0.05) is 17.4 Å². The van der Waals surface area contributed by atoms with E-state index in [4.69, 9.17) is 4.98 Å². The van der Waals surface area contributed by atoms with E-state index in [0.717, 1.165) is 33.7 Å². The summed E-state index contributed by atoms with van der Waals surface area (Å²) in [5.74, 6) is 0. The van der Waals surface area contributed by atoms with E-state index >= 15 is 0 Å². The van der Waals surface area contributed by atoms with Gasteiger partial charge in [-0.1, -0.05) is 15.9 Å². The molecule has 19 heavy (non-hydrogen) atoms. The molecule has 1 atom stereocenters. The summed E-state index contributed by atoms with van der Waals surface area (Å²) in [5.41, 5.74) is 3.42. The minimum Gasteiger partial charge on any atom is -0.347 e. The van der Waals surface area contributed by atoms with Crippen molar-refractivity contribution in [1.82, 2.24) is 20.3 Å². The number of rotatable bonds is 1. The van der Waals surface area contributed by atoms with Gasteiger partial charge in [0.15, 0.2) is 0 Å². The molecule has 1 aliphatic heterocycles. The minimum atomic E-state index is 0.270. The van der Waals surface area contributed by atoms with Gasteiger partial charge in [0.2, 0.25) is 0 Å². The quantitative estimate of drug-likeness (QED) is 0.718. The number of hydrogen-bond acceptors (Lipinski definition) is 4. The number of benzene rings is 1. The topological polar surface area (TPSA) is 53.6 Å². The number of halogens is 1. The first-order chi connectivity index (χ1) is 9.29. The molecule has 3 aromatic rings. The molecule has 6 heteroatoms. The lowest BCUT2D eigenvalue weighted by Crippen LogP contribution is -2.28. The van der Waals surface area contributed by atoms with E-state index in [9.17, 15) is 0 Å². The molecule has 96 valence electrons. The smallest absolute Gasteiger partial charge is 0.111 e. The van der Waals surface area contributed by atoms with Crippen LogP contribution in [0.5, 0.6) is 0 Å². The van der Waals surface area contributed by atoms with Gasteiger partial charge in [0.05, 0.1) is 34.0 Å². The number of fused-ring (bicyclic) bond motifs is 2. The normalized spacial score (nSPS) is 18.7. The summed E-state index contributed by atoms with van der Waals surface area (Å²) >= 11 is 5.26. The second-order valence-corrected chi connectivity index (χ2v) is 6.61. The molecule has 4 nitrogen and oxygen atoms in total. The van der Waals surface area contributed by atoms with Crippen LogP contribution >= 0.6 is 27.3 Å². The summed E-state index contributed by atoms with van der Waals surface area (Å²) in [4.78, 5) is 12.3. The lowest BCUT2D eigenvalue weighted by molar-refractivity contribution is 0.488. The molecule has 0 aliphatic carbocycles. The van der Waals surface area contributed by atoms with Gasteiger partial charge in [-0.05, 0) is 18.2 Å². The number of nitrogens with zero attached hydrogens (tertiary/aromatic N) is 2. The molecule has 0 bridgehead atoms. The second-order valence-electron chi connectivity index (χ2n) is 4.63. The highest BCUT2D eigenvalue weighted by Gasteiger charge is 2.23. The maximum Gasteiger partial charge on any atom is 0.111 e. The van der Waals surface area contributed by atoms with Gasteiger partial charge in [-0.3, -0.25) is 0 Å². The third-order valence-corrected chi connectivity index (χ3v) is 5.02. The highest BCUT2D eigenvalue weighted by atomic mass is 79.9. The lowest BCUT2D eigenvalue weighted by Gasteiger charge is -2.20. The van der Waals surface area contributed by atoms with E-state index in [1.54, 1.807) is 17.7 Å². The maximum atomic E-state index is 4.73. The van der Waals surface area contributed by atoms with Crippen molar-refractivity contribution < 1.29 is 0 Å². The molecule has 1 aliphatic rings. The Balaban J connectivity index is 1.71. The van der Waals surface area contributed by atoms with E-state index in [1.807, 2.05) is 6.07 Å². The number of thiazole rings is 1. The van der Waals surface area contributed by atoms with E-state index < -0.39 is 0 Å². The first-order valence-electron chi connectivity index (χ1n) is 6.10. The van der Waals surface area contributed by atoms with Gasteiger partial charge in [0.1, 0.15) is 5.01 Å². The molecular weight excluding hydrogens is 324 g/mol. The monoisotopic (exact) mass is 334 g/mol. The SMILES string of the molecule is Brc1ccc2nc(C3Cc4nc[nH]c4CN3)sc2c1. The van der Waals surface area contributed by atoms with Crippen molar-refractivity contribution in [1.29, 1.82) is 0 Å². The highest BCUT2D eigenvalue weighted by molar-refractivity contribution is 9.10. The van der Waals surface area contributed by atoms with Crippen LogP contribution in [0, 0.1) is 0 Å². The summed E-state index contributed by atoms with van der Waals surface area (Å²) in [6.07, 6.45) is 2.67. The molecule has 2 N–H and O–H groups in total. The average molecular weight is 335 g/mol. The first-order valence-corrected chi connectivity index (χ1v) is 7.71. The second kappa shape index (κ2) is 4.40. The Morgan fingerprint density at radius 3 is 3.26 bits per heavy atom. The Bertz CT molecular complexity index is 748. The molecule has 0 amide bonds. The predicted octanol–water partition coefficient (Wildman–Crippen LogP) is 3.17. The van der Waals surface area contributed by atoms with Crippen LogP contribution in [-0.2, 0) is 13.0 Å². The fourth-order valence-electron chi connectivity index (χ4n) is 2.41. The summed E-state index contributed by atoms with van der Waals surface area (Å²) in [7, 11) is 0. The number of hydrogen-bond donors (Lipinski definition) is 2. The number of imidazole rings is 1. The molecule has 0 fully saturated rings. The van der Waals surface area contributed by atoms with Crippen LogP contribution in [0.1, 0.15) is 22.4 Å². The minimum absolute atomic E-state index is 0.270. The average Bonchev–Trinajstić information content (AvgIpc) is 3.02. The molecule has 0 saturated carbocycles. The zero-order valence-electron chi connectivity index (χ0n) is 9.98. The Morgan fingerprint density at radius 1 is 1.37 bits per heavy atom. The molecule has 1 aromatic carbocycles. The van der Waals surface area contributed by atoms with E-state index in [2.05, 4.69) is 43.3 Å². The van der Waals surface area contributed by atoms with Gasteiger partial charge in [0.25, 0.3) is 0 Å². The maximum absolute atomic E-state index is 4.73. The fourth-order valence-corrected chi connectivity index (χ4v) is 4.00. The first kappa shape index (κ1) is 11.6. The van der Waals surface area contributed by atoms with Crippen molar-refractivity contribution in [3.8, 4) is 0 Å². The van der Waals surface area contributed by atoms with Gasteiger partial charge in [-0.15, -0.1) is 11.3 Å². The van der Waals surface area contributed by atoms with Crippen molar-refractivity contribution >= 4 is 37.5 Å². The largest absolute Gasteiger partial charge is 0.347 e. The fraction of sp³-hybridized carbons (Fsp3) is 0.231. The van der Waals surface area contributed by atoms with Crippen LogP contribution < -0.4 is 5.32 Å². The molecule has 0 spiro atoms. The third-order valence-electron chi connectivity index (χ3n) is 3.40. The molecular formula is C13H11BrN4S. The van der Waals surface area contributed by atoms with E-state index in [1.165, 1.54) is 10.4 Å². The zero-order valence-corrected chi connectivity index (χ0v) is 12.4. The number of aromatic amines is 1. The van der Waals surface area contributed by atoms with Gasteiger partial charge in [-0.25, -0.2) is 9.97 Å². The highest BCUT2D eigenvalue weighted by Crippen LogP contribution is 2.31. The molecule has 4 rings (SSSR count). The van der Waals surface area contributed by atoms with Crippen molar-refractivity contribution in [2.24, 2.45) is 0 Å². The van der Waals surface area contributed by atoms with Crippen LogP contribution in [-0.4, -0.2) is 15.0 Å². The molecule has 0 radical (unpaired) electrons. The number of nitrogens with one attached hydrogen (secondary N) is 2. The summed E-state index contributed by atoms with van der Waals surface area (Å²) < 4.78 is 2.32. The predicted molar refractivity (Wildman–Crippen MR) is 79.2 cm³/mol. The number of aromatic nitrogens is 3. The van der Waals surface area contributed by atoms with E-state index in [0.29, 0.717) is 0 Å². The van der Waals surface area contributed by atoms with Crippen molar-refractivity contribution in [2.45, 2.75) is 19.0 Å². The molecule has 3 heterocycles. The standard InChI is InChI=1S/C13H11BrN4S/c14-7-1-2-8-12(3-7)19-13(18-8)10-4-9-11(5-15-10)17-6-16-9/h1-3,6,10,15H,4-5H2,(H,16,17). The van der Waals surface area contributed by atoms with Gasteiger partial charge in [-0.2, -0.15) is 0 Å². The Labute approximate surface area is 122 Å². The van der Waals surface area contributed by atoms with Crippen LogP contribution in [0.3, 0.4) is 0 Å². The van der Waals surface area contributed by atoms with Crippen LogP contribution in [0.15, 0.2) is 29.0 Å². The molecule has 0 saturated heterocycles. The lowest BCUT2D eigenvalue weighted by atomic mass is 10.1. The number of H-pyrrole nitrogens is 1. The van der Waals surface area contributed by atoms with E-state index in [-0.39, 0.29) is 6.04 Å². The Kier molecular flexibility index (Phi) is 2.68. The van der Waals surface area contributed by atoms with Crippen LogP contribution in [0.4, 0.5) is 0 Å². The summed E-state index contributed by atoms with van der Waals surface area (Å²) in [5, 5.41) is 4.66. The van der Waals surface area contributed by atoms with Crippen molar-refractivity contribution in [3.05, 3.63) is 45.4 Å². The van der Waals surface area contributed by atoms with Crippen LogP contribution in [0.25, 0.3) is 10.2 Å². The van der Waals surface area contributed by atoms with Crippen LogP contribution in [0.2, 0.25) is 0 Å². The molecule has 1 unspecified atom stereocenters.